The number of halogens is 1. The van der Waals surface area contributed by atoms with Crippen LogP contribution in [0.3, 0.4) is 0 Å². The van der Waals surface area contributed by atoms with Crippen LogP contribution in [0.25, 0.3) is 11.0 Å². The molecule has 2 heterocycles. The number of benzene rings is 1. The van der Waals surface area contributed by atoms with Crippen LogP contribution in [0.15, 0.2) is 47.4 Å². The number of fused-ring (bicyclic) bond motifs is 1. The molecule has 0 bridgehead atoms. The summed E-state index contributed by atoms with van der Waals surface area (Å²) in [5.41, 5.74) is 2.15. The zero-order valence-corrected chi connectivity index (χ0v) is 14.8. The molecule has 5 nitrogen and oxygen atoms in total. The van der Waals surface area contributed by atoms with Gasteiger partial charge in [0, 0.05) is 30.0 Å². The smallest absolute Gasteiger partial charge is 0.257 e. The van der Waals surface area contributed by atoms with E-state index in [1.54, 1.807) is 30.5 Å². The Bertz CT molecular complexity index is 994. The molecule has 1 aromatic carbocycles. The van der Waals surface area contributed by atoms with Crippen molar-refractivity contribution in [1.29, 1.82) is 0 Å². The van der Waals surface area contributed by atoms with E-state index in [0.29, 0.717) is 29.1 Å². The predicted octanol–water partition coefficient (Wildman–Crippen LogP) is 3.31. The predicted molar refractivity (Wildman–Crippen MR) is 99.0 cm³/mol. The van der Waals surface area contributed by atoms with E-state index in [2.05, 4.69) is 10.3 Å². The summed E-state index contributed by atoms with van der Waals surface area (Å²) in [5.74, 6) is -0.398. The molecule has 0 atom stereocenters. The molecule has 0 saturated heterocycles. The summed E-state index contributed by atoms with van der Waals surface area (Å²) in [4.78, 5) is 29.6. The third-order valence-electron chi connectivity index (χ3n) is 4.01. The third kappa shape index (κ3) is 3.56. The standard InChI is InChI=1S/C19H18ClN3O2/c1-3-23-11-16(17(24)15-9-4-12(2)22-18(15)23)19(25)21-10-13-5-7-14(20)8-6-13/h4-9,11H,3,10H2,1-2H3,(H,21,25). The van der Waals surface area contributed by atoms with Crippen LogP contribution >= 0.6 is 11.6 Å². The summed E-state index contributed by atoms with van der Waals surface area (Å²) < 4.78 is 1.82. The Kier molecular flexibility index (Phi) is 4.86. The Hall–Kier alpha value is -2.66. The fourth-order valence-corrected chi connectivity index (χ4v) is 2.77. The summed E-state index contributed by atoms with van der Waals surface area (Å²) in [6.07, 6.45) is 1.58. The molecule has 2 aromatic heterocycles. The largest absolute Gasteiger partial charge is 0.348 e. The zero-order valence-electron chi connectivity index (χ0n) is 14.0. The minimum atomic E-state index is -0.398. The third-order valence-corrected chi connectivity index (χ3v) is 4.26. The fourth-order valence-electron chi connectivity index (χ4n) is 2.64. The molecule has 1 N–H and O–H groups in total. The van der Waals surface area contributed by atoms with E-state index in [1.165, 1.54) is 0 Å². The highest BCUT2D eigenvalue weighted by Gasteiger charge is 2.15. The SMILES string of the molecule is CCn1cc(C(=O)NCc2ccc(Cl)cc2)c(=O)c2ccc(C)nc21. The monoisotopic (exact) mass is 355 g/mol. The number of aryl methyl sites for hydroxylation is 2. The number of hydrogen-bond donors (Lipinski definition) is 1. The number of hydrogen-bond acceptors (Lipinski definition) is 3. The maximum atomic E-state index is 12.7. The van der Waals surface area contributed by atoms with Crippen molar-refractivity contribution in [3.8, 4) is 0 Å². The lowest BCUT2D eigenvalue weighted by Gasteiger charge is -2.11. The minimum absolute atomic E-state index is 0.119. The van der Waals surface area contributed by atoms with Gasteiger partial charge in [0.15, 0.2) is 0 Å². The van der Waals surface area contributed by atoms with Crippen molar-refractivity contribution in [2.45, 2.75) is 26.9 Å². The Balaban J connectivity index is 1.93. The fraction of sp³-hybridized carbons (Fsp3) is 0.211. The second kappa shape index (κ2) is 7.07. The van der Waals surface area contributed by atoms with Gasteiger partial charge < -0.3 is 9.88 Å². The van der Waals surface area contributed by atoms with Crippen molar-refractivity contribution in [3.05, 3.63) is 74.7 Å². The summed E-state index contributed by atoms with van der Waals surface area (Å²) in [5, 5.41) is 3.87. The average Bonchev–Trinajstić information content (AvgIpc) is 2.61. The first-order chi connectivity index (χ1) is 12.0. The molecule has 0 radical (unpaired) electrons. The topological polar surface area (TPSA) is 64.0 Å². The van der Waals surface area contributed by atoms with Crippen molar-refractivity contribution in [1.82, 2.24) is 14.9 Å². The molecule has 6 heteroatoms. The van der Waals surface area contributed by atoms with Gasteiger partial charge in [0.1, 0.15) is 11.2 Å². The van der Waals surface area contributed by atoms with Crippen molar-refractivity contribution in [2.24, 2.45) is 0 Å². The van der Waals surface area contributed by atoms with Crippen LogP contribution in [0.1, 0.15) is 28.5 Å². The van der Waals surface area contributed by atoms with Crippen molar-refractivity contribution in [3.63, 3.8) is 0 Å². The van der Waals surface area contributed by atoms with Gasteiger partial charge in [-0.15, -0.1) is 0 Å². The van der Waals surface area contributed by atoms with Gasteiger partial charge in [-0.05, 0) is 43.7 Å². The lowest BCUT2D eigenvalue weighted by Crippen LogP contribution is -2.29. The van der Waals surface area contributed by atoms with Gasteiger partial charge in [0.25, 0.3) is 5.91 Å². The Morgan fingerprint density at radius 3 is 2.60 bits per heavy atom. The molecule has 25 heavy (non-hydrogen) atoms. The number of aromatic nitrogens is 2. The molecule has 3 rings (SSSR count). The maximum absolute atomic E-state index is 12.7. The number of nitrogens with zero attached hydrogens (tertiary/aromatic N) is 2. The first-order valence-electron chi connectivity index (χ1n) is 8.03. The van der Waals surface area contributed by atoms with Crippen LogP contribution in [-0.2, 0) is 13.1 Å². The average molecular weight is 356 g/mol. The zero-order chi connectivity index (χ0) is 18.0. The van der Waals surface area contributed by atoms with Crippen LogP contribution in [0.4, 0.5) is 0 Å². The molecule has 0 spiro atoms. The number of amides is 1. The number of carbonyl (C=O) groups excluding carboxylic acids is 1. The van der Waals surface area contributed by atoms with E-state index in [4.69, 9.17) is 11.6 Å². The Labute approximate surface area is 150 Å². The van der Waals surface area contributed by atoms with Gasteiger partial charge in [-0.25, -0.2) is 4.98 Å². The Morgan fingerprint density at radius 2 is 1.92 bits per heavy atom. The quantitative estimate of drug-likeness (QED) is 0.781. The molecular formula is C19H18ClN3O2. The van der Waals surface area contributed by atoms with Gasteiger partial charge in [-0.3, -0.25) is 9.59 Å². The molecule has 0 aliphatic carbocycles. The van der Waals surface area contributed by atoms with E-state index in [9.17, 15) is 9.59 Å². The molecule has 0 fully saturated rings. The molecule has 0 aliphatic rings. The maximum Gasteiger partial charge on any atom is 0.257 e. The van der Waals surface area contributed by atoms with E-state index >= 15 is 0 Å². The van der Waals surface area contributed by atoms with Crippen LogP contribution in [-0.4, -0.2) is 15.5 Å². The van der Waals surface area contributed by atoms with Gasteiger partial charge in [0.05, 0.1) is 5.39 Å². The second-order valence-electron chi connectivity index (χ2n) is 5.79. The highest BCUT2D eigenvalue weighted by Crippen LogP contribution is 2.12. The van der Waals surface area contributed by atoms with Crippen LogP contribution in [0, 0.1) is 6.92 Å². The van der Waals surface area contributed by atoms with Gasteiger partial charge in [-0.1, -0.05) is 23.7 Å². The van der Waals surface area contributed by atoms with E-state index < -0.39 is 5.91 Å². The summed E-state index contributed by atoms with van der Waals surface area (Å²) >= 11 is 5.85. The second-order valence-corrected chi connectivity index (χ2v) is 6.23. The number of carbonyl (C=O) groups is 1. The van der Waals surface area contributed by atoms with E-state index in [1.807, 2.05) is 30.5 Å². The number of pyridine rings is 2. The molecule has 128 valence electrons. The van der Waals surface area contributed by atoms with Crippen molar-refractivity contribution in [2.75, 3.05) is 0 Å². The molecule has 0 unspecified atom stereocenters. The van der Waals surface area contributed by atoms with Crippen LogP contribution < -0.4 is 10.7 Å². The molecule has 1 amide bonds. The van der Waals surface area contributed by atoms with Crippen molar-refractivity contribution < 1.29 is 4.79 Å². The molecular weight excluding hydrogens is 338 g/mol. The lowest BCUT2D eigenvalue weighted by molar-refractivity contribution is 0.0949. The van der Waals surface area contributed by atoms with E-state index in [-0.39, 0.29) is 11.0 Å². The minimum Gasteiger partial charge on any atom is -0.348 e. The van der Waals surface area contributed by atoms with E-state index in [0.717, 1.165) is 11.3 Å². The van der Waals surface area contributed by atoms with Gasteiger partial charge >= 0.3 is 0 Å². The van der Waals surface area contributed by atoms with Gasteiger partial charge in [0.2, 0.25) is 5.43 Å². The van der Waals surface area contributed by atoms with Crippen molar-refractivity contribution >= 4 is 28.5 Å². The summed E-state index contributed by atoms with van der Waals surface area (Å²) in [6.45, 7) is 4.76. The summed E-state index contributed by atoms with van der Waals surface area (Å²) in [7, 11) is 0. The number of rotatable bonds is 4. The molecule has 3 aromatic rings. The highest BCUT2D eigenvalue weighted by molar-refractivity contribution is 6.30. The lowest BCUT2D eigenvalue weighted by atomic mass is 10.1. The van der Waals surface area contributed by atoms with Crippen LogP contribution in [0.2, 0.25) is 5.02 Å². The number of nitrogens with one attached hydrogen (secondary N) is 1. The Morgan fingerprint density at radius 1 is 1.20 bits per heavy atom. The normalized spacial score (nSPS) is 10.8. The van der Waals surface area contributed by atoms with Gasteiger partial charge in [-0.2, -0.15) is 0 Å². The molecule has 0 saturated carbocycles. The highest BCUT2D eigenvalue weighted by atomic mass is 35.5. The summed E-state index contributed by atoms with van der Waals surface area (Å²) in [6, 6.07) is 10.7. The first-order valence-corrected chi connectivity index (χ1v) is 8.41. The first kappa shape index (κ1) is 17.2. The molecule has 0 aliphatic heterocycles. The van der Waals surface area contributed by atoms with Crippen LogP contribution in [0.5, 0.6) is 0 Å².